The molecule has 0 aliphatic rings. The van der Waals surface area contributed by atoms with Gasteiger partial charge in [-0.3, -0.25) is 32.7 Å². The Hall–Kier alpha value is -1.81. The maximum absolute atomic E-state index is 12.5. The van der Waals surface area contributed by atoms with Gasteiger partial charge in [-0.25, -0.2) is 9.13 Å². The second kappa shape index (κ2) is 25.3. The molecule has 17 nitrogen and oxygen atoms in total. The first-order valence-corrected chi connectivity index (χ1v) is 18.4. The van der Waals surface area contributed by atoms with Crippen molar-refractivity contribution in [1.82, 2.24) is 20.4 Å². The number of rotatable bonds is 28. The predicted molar refractivity (Wildman–Crippen MR) is 172 cm³/mol. The lowest BCUT2D eigenvalue weighted by molar-refractivity contribution is -0.135. The zero-order chi connectivity index (χ0) is 34.1. The highest BCUT2D eigenvalue weighted by molar-refractivity contribution is 7.47. The maximum atomic E-state index is 12.5. The van der Waals surface area contributed by atoms with Gasteiger partial charge in [0.05, 0.1) is 32.9 Å². The predicted octanol–water partition coefficient (Wildman–Crippen LogP) is -1.70. The number of unbranched alkanes of at least 4 members (excludes halogenated alkanes) is 6. The summed E-state index contributed by atoms with van der Waals surface area (Å²) in [5.41, 5.74) is 5.43. The zero-order valence-corrected chi connectivity index (χ0v) is 28.3. The average molecular weight is 685 g/mol. The monoisotopic (exact) mass is 685 g/mol. The summed E-state index contributed by atoms with van der Waals surface area (Å²) in [6.07, 6.45) is 5.86. The number of hydrogen-bond acceptors (Lipinski definition) is 10. The van der Waals surface area contributed by atoms with Crippen LogP contribution < -0.4 is 16.4 Å². The second-order valence-electron chi connectivity index (χ2n) is 10.1. The van der Waals surface area contributed by atoms with Crippen LogP contribution in [0.15, 0.2) is 0 Å². The van der Waals surface area contributed by atoms with Crippen LogP contribution in [-0.4, -0.2) is 129 Å². The van der Waals surface area contributed by atoms with Crippen LogP contribution in [0.5, 0.6) is 0 Å². The van der Waals surface area contributed by atoms with Gasteiger partial charge < -0.3 is 40.8 Å². The van der Waals surface area contributed by atoms with E-state index in [2.05, 4.69) is 15.2 Å². The van der Waals surface area contributed by atoms with Crippen LogP contribution in [0.1, 0.15) is 51.4 Å². The smallest absolute Gasteiger partial charge is 0.355 e. The fraction of sp³-hybridized carbons (Fsp3) is 0.833. The molecule has 21 heteroatoms. The van der Waals surface area contributed by atoms with E-state index in [-0.39, 0.29) is 82.9 Å². The van der Waals surface area contributed by atoms with Crippen LogP contribution in [0.3, 0.4) is 0 Å². The molecule has 1 unspecified atom stereocenters. The van der Waals surface area contributed by atoms with Crippen molar-refractivity contribution in [2.24, 2.45) is 5.73 Å². The highest BCUT2D eigenvalue weighted by Crippen LogP contribution is 2.43. The van der Waals surface area contributed by atoms with Crippen molar-refractivity contribution in [1.29, 1.82) is 0 Å². The molecule has 0 heterocycles. The van der Waals surface area contributed by atoms with Gasteiger partial charge >= 0.3 is 15.6 Å². The number of hydrogen-bond donors (Lipinski definition) is 6. The fourth-order valence-corrected chi connectivity index (χ4v) is 5.01. The van der Waals surface area contributed by atoms with Crippen molar-refractivity contribution in [3.05, 3.63) is 0 Å². The Morgan fingerprint density at radius 2 is 1.11 bits per heavy atom. The van der Waals surface area contributed by atoms with Crippen LogP contribution >= 0.6 is 15.6 Å². The molecule has 0 saturated heterocycles. The lowest BCUT2D eigenvalue weighted by atomic mass is 10.0. The Morgan fingerprint density at radius 3 is 1.64 bits per heavy atom. The van der Waals surface area contributed by atoms with Crippen LogP contribution in [0.25, 0.3) is 0 Å². The van der Waals surface area contributed by atoms with Crippen molar-refractivity contribution in [2.75, 3.05) is 65.6 Å². The van der Waals surface area contributed by atoms with Gasteiger partial charge in [-0.05, 0) is 44.9 Å². The Bertz CT molecular complexity index is 979. The molecule has 0 bridgehead atoms. The Balaban J connectivity index is 4.51. The second-order valence-corrected chi connectivity index (χ2v) is 12.8. The molecule has 0 aromatic heterocycles. The van der Waals surface area contributed by atoms with Gasteiger partial charge in [0.1, 0.15) is 15.7 Å². The SMILES string of the molecule is BCC(=O)N(CCNC(=O)CN(CCOP(=O)(O)OCCCCCCN)C(=O)CB)CC(=O)NCCCCCCOP(=O)(O)O. The van der Waals surface area contributed by atoms with Gasteiger partial charge in [0.15, 0.2) is 0 Å². The summed E-state index contributed by atoms with van der Waals surface area (Å²) in [4.78, 5) is 79.2. The van der Waals surface area contributed by atoms with E-state index in [4.69, 9.17) is 24.6 Å². The standard InChI is InChI=1S/C24H51B2N5O12P2/c25-17-23(34)30(19-21(32)28-10-6-2-4-7-14-41-44(36,37)38)12-11-29-22(33)20-31(24(35)18-26)13-16-43-45(39,40)42-15-8-3-1-5-9-27/h1-20,25-27H2,(H,28,32)(H,29,33)(H,39,40)(H2,36,37,38). The largest absolute Gasteiger partial charge is 0.472 e. The molecular weight excluding hydrogens is 634 g/mol. The minimum absolute atomic E-state index is 0.0319. The molecule has 7 N–H and O–H groups in total. The quantitative estimate of drug-likeness (QED) is 0.0306. The van der Waals surface area contributed by atoms with Gasteiger partial charge in [-0.2, -0.15) is 0 Å². The number of carbonyl (C=O) groups is 4. The number of nitrogens with zero attached hydrogens (tertiary/aromatic N) is 2. The zero-order valence-electron chi connectivity index (χ0n) is 26.5. The molecular formula is C24H51B2N5O12P2. The molecule has 45 heavy (non-hydrogen) atoms. The van der Waals surface area contributed by atoms with Crippen molar-refractivity contribution in [2.45, 2.75) is 64.0 Å². The third kappa shape index (κ3) is 25.0. The topological polar surface area (TPSA) is 247 Å². The van der Waals surface area contributed by atoms with E-state index in [9.17, 15) is 33.2 Å². The van der Waals surface area contributed by atoms with Crippen molar-refractivity contribution in [3.63, 3.8) is 0 Å². The number of phosphoric ester groups is 2. The summed E-state index contributed by atoms with van der Waals surface area (Å²) >= 11 is 0. The number of phosphoric acid groups is 2. The molecule has 0 spiro atoms. The summed E-state index contributed by atoms with van der Waals surface area (Å²) in [5.74, 6) is -1.53. The maximum Gasteiger partial charge on any atom is 0.472 e. The van der Waals surface area contributed by atoms with Gasteiger partial charge in [0.2, 0.25) is 23.6 Å². The molecule has 0 rings (SSSR count). The number of nitrogens with one attached hydrogen (secondary N) is 2. The first kappa shape index (κ1) is 43.2. The fourth-order valence-electron chi connectivity index (χ4n) is 3.90. The third-order valence-electron chi connectivity index (χ3n) is 6.30. The minimum Gasteiger partial charge on any atom is -0.355 e. The van der Waals surface area contributed by atoms with Crippen molar-refractivity contribution in [3.8, 4) is 0 Å². The summed E-state index contributed by atoms with van der Waals surface area (Å²) in [6.45, 7) is 0.0549. The molecule has 4 amide bonds. The first-order valence-electron chi connectivity index (χ1n) is 15.4. The van der Waals surface area contributed by atoms with E-state index in [1.165, 1.54) is 9.80 Å². The summed E-state index contributed by atoms with van der Waals surface area (Å²) in [7, 11) is -5.51. The van der Waals surface area contributed by atoms with Gasteiger partial charge in [-0.1, -0.05) is 25.7 Å². The molecule has 0 aromatic rings. The van der Waals surface area contributed by atoms with Gasteiger partial charge in [-0.15, -0.1) is 0 Å². The lowest BCUT2D eigenvalue weighted by Crippen LogP contribution is -2.46. The Kier molecular flexibility index (Phi) is 24.3. The summed E-state index contributed by atoms with van der Waals surface area (Å²) < 4.78 is 37.0. The van der Waals surface area contributed by atoms with Crippen LogP contribution in [0, 0.1) is 0 Å². The van der Waals surface area contributed by atoms with Gasteiger partial charge in [0.25, 0.3) is 0 Å². The first-order chi connectivity index (χ1) is 21.2. The molecule has 0 aliphatic heterocycles. The van der Waals surface area contributed by atoms with E-state index in [0.717, 1.165) is 19.3 Å². The van der Waals surface area contributed by atoms with Crippen molar-refractivity contribution >= 4 is 55.0 Å². The van der Waals surface area contributed by atoms with Crippen LogP contribution in [0.2, 0.25) is 12.6 Å². The van der Waals surface area contributed by atoms with E-state index >= 15 is 0 Å². The van der Waals surface area contributed by atoms with Crippen LogP contribution in [-0.2, 0) is 41.9 Å². The molecule has 0 aromatic carbocycles. The number of nitrogens with two attached hydrogens (primary N) is 1. The summed E-state index contributed by atoms with van der Waals surface area (Å²) in [6, 6.07) is 0. The molecule has 0 aliphatic carbocycles. The molecule has 0 radical (unpaired) electrons. The average Bonchev–Trinajstić information content (AvgIpc) is 2.97. The highest BCUT2D eigenvalue weighted by Gasteiger charge is 2.23. The Morgan fingerprint density at radius 1 is 0.644 bits per heavy atom. The molecule has 1 atom stereocenters. The highest BCUT2D eigenvalue weighted by atomic mass is 31.2. The third-order valence-corrected chi connectivity index (χ3v) is 7.84. The van der Waals surface area contributed by atoms with Crippen LogP contribution in [0.4, 0.5) is 0 Å². The van der Waals surface area contributed by atoms with Gasteiger partial charge in [0, 0.05) is 26.2 Å². The lowest BCUT2D eigenvalue weighted by Gasteiger charge is -2.24. The number of amides is 4. The molecule has 260 valence electrons. The number of carbonyl (C=O) groups excluding carboxylic acids is 4. The van der Waals surface area contributed by atoms with E-state index in [1.807, 2.05) is 0 Å². The summed E-state index contributed by atoms with van der Waals surface area (Å²) in [5, 5.41) is 5.34. The molecule has 0 fully saturated rings. The Labute approximate surface area is 267 Å². The van der Waals surface area contributed by atoms with E-state index in [1.54, 1.807) is 15.7 Å². The normalized spacial score (nSPS) is 12.7. The minimum atomic E-state index is -4.46. The van der Waals surface area contributed by atoms with E-state index in [0.29, 0.717) is 45.2 Å². The molecule has 0 saturated carbocycles. The van der Waals surface area contributed by atoms with Crippen molar-refractivity contribution < 1.29 is 56.6 Å². The van der Waals surface area contributed by atoms with E-state index < -0.39 is 21.6 Å².